The lowest BCUT2D eigenvalue weighted by molar-refractivity contribution is -0.147. The van der Waals surface area contributed by atoms with Crippen LogP contribution in [-0.4, -0.2) is 35.7 Å². The molecule has 0 aromatic carbocycles. The van der Waals surface area contributed by atoms with Crippen LogP contribution in [0.2, 0.25) is 0 Å². The summed E-state index contributed by atoms with van der Waals surface area (Å²) in [7, 11) is 0. The van der Waals surface area contributed by atoms with Gasteiger partial charge >= 0.3 is 5.97 Å². The van der Waals surface area contributed by atoms with Gasteiger partial charge in [-0.15, -0.1) is 0 Å². The maximum atomic E-state index is 12.4. The van der Waals surface area contributed by atoms with Gasteiger partial charge in [0.1, 0.15) is 0 Å². The first kappa shape index (κ1) is 14.6. The molecule has 5 heteroatoms. The fourth-order valence-corrected chi connectivity index (χ4v) is 3.98. The van der Waals surface area contributed by atoms with Crippen LogP contribution in [0.4, 0.5) is 0 Å². The molecule has 0 aromatic rings. The summed E-state index contributed by atoms with van der Waals surface area (Å²) in [5, 5.41) is 12.3. The van der Waals surface area contributed by atoms with Crippen molar-refractivity contribution >= 4 is 11.9 Å². The molecule has 0 spiro atoms. The van der Waals surface area contributed by atoms with Crippen LogP contribution in [0.1, 0.15) is 38.5 Å². The number of carboxylic acid groups (broad SMARTS) is 1. The van der Waals surface area contributed by atoms with Gasteiger partial charge < -0.3 is 15.2 Å². The zero-order valence-electron chi connectivity index (χ0n) is 12.2. The molecule has 3 rings (SSSR count). The summed E-state index contributed by atoms with van der Waals surface area (Å²) >= 11 is 0. The first-order valence-electron chi connectivity index (χ1n) is 7.89. The lowest BCUT2D eigenvalue weighted by atomic mass is 9.78. The van der Waals surface area contributed by atoms with Gasteiger partial charge in [-0.1, -0.05) is 12.2 Å². The number of carbonyl (C=O) groups excluding carboxylic acids is 1. The Morgan fingerprint density at radius 3 is 2.38 bits per heavy atom. The highest BCUT2D eigenvalue weighted by Gasteiger charge is 2.55. The Hall–Kier alpha value is -1.36. The SMILES string of the molecule is C=C1CCC(CNC(=O)[C@H]2[C@@H](C(=O)O)[C@@H]3CC[C@H]2O3)CC1. The van der Waals surface area contributed by atoms with Crippen LogP contribution in [0.3, 0.4) is 0 Å². The van der Waals surface area contributed by atoms with E-state index in [4.69, 9.17) is 4.74 Å². The summed E-state index contributed by atoms with van der Waals surface area (Å²) in [6, 6.07) is 0. The number of allylic oxidation sites excluding steroid dienone is 1. The fourth-order valence-electron chi connectivity index (χ4n) is 3.98. The molecule has 1 saturated carbocycles. The van der Waals surface area contributed by atoms with Crippen molar-refractivity contribution in [2.75, 3.05) is 6.54 Å². The Labute approximate surface area is 124 Å². The molecule has 1 aliphatic carbocycles. The third-order valence-corrected chi connectivity index (χ3v) is 5.24. The Morgan fingerprint density at radius 1 is 1.14 bits per heavy atom. The monoisotopic (exact) mass is 293 g/mol. The van der Waals surface area contributed by atoms with Crippen molar-refractivity contribution in [1.82, 2.24) is 5.32 Å². The molecule has 2 bridgehead atoms. The van der Waals surface area contributed by atoms with Crippen molar-refractivity contribution in [3.8, 4) is 0 Å². The van der Waals surface area contributed by atoms with Crippen LogP contribution < -0.4 is 5.32 Å². The maximum Gasteiger partial charge on any atom is 0.310 e. The smallest absolute Gasteiger partial charge is 0.310 e. The minimum atomic E-state index is -0.906. The van der Waals surface area contributed by atoms with Gasteiger partial charge in [0.15, 0.2) is 0 Å². The number of hydrogen-bond acceptors (Lipinski definition) is 3. The molecule has 2 N–H and O–H groups in total. The number of amides is 1. The van der Waals surface area contributed by atoms with E-state index >= 15 is 0 Å². The average molecular weight is 293 g/mol. The molecule has 3 fully saturated rings. The van der Waals surface area contributed by atoms with Crippen molar-refractivity contribution in [2.45, 2.75) is 50.7 Å². The molecule has 4 atom stereocenters. The molecular formula is C16H23NO4. The van der Waals surface area contributed by atoms with Crippen LogP contribution in [-0.2, 0) is 14.3 Å². The van der Waals surface area contributed by atoms with Gasteiger partial charge in [0.25, 0.3) is 0 Å². The molecule has 1 amide bonds. The topological polar surface area (TPSA) is 75.6 Å². The molecule has 2 saturated heterocycles. The zero-order valence-corrected chi connectivity index (χ0v) is 12.2. The first-order valence-corrected chi connectivity index (χ1v) is 7.89. The van der Waals surface area contributed by atoms with Gasteiger partial charge in [-0.25, -0.2) is 0 Å². The number of fused-ring (bicyclic) bond motifs is 2. The van der Waals surface area contributed by atoms with Gasteiger partial charge in [0, 0.05) is 6.54 Å². The Kier molecular flexibility index (Phi) is 4.02. The minimum absolute atomic E-state index is 0.140. The second kappa shape index (κ2) is 5.79. The number of carboxylic acids is 1. The predicted octanol–water partition coefficient (Wildman–Crippen LogP) is 1.73. The lowest BCUT2D eigenvalue weighted by Gasteiger charge is -2.27. The summed E-state index contributed by atoms with van der Waals surface area (Å²) in [6.07, 6.45) is 5.28. The molecule has 5 nitrogen and oxygen atoms in total. The van der Waals surface area contributed by atoms with E-state index in [1.165, 1.54) is 5.57 Å². The summed E-state index contributed by atoms with van der Waals surface area (Å²) in [6.45, 7) is 4.64. The Morgan fingerprint density at radius 2 is 1.76 bits per heavy atom. The van der Waals surface area contributed by atoms with E-state index in [2.05, 4.69) is 11.9 Å². The molecular weight excluding hydrogens is 270 g/mol. The van der Waals surface area contributed by atoms with E-state index in [9.17, 15) is 14.7 Å². The number of aliphatic carboxylic acids is 1. The molecule has 2 heterocycles. The normalized spacial score (nSPS) is 35.9. The predicted molar refractivity (Wildman–Crippen MR) is 76.6 cm³/mol. The summed E-state index contributed by atoms with van der Waals surface area (Å²) in [5.41, 5.74) is 1.30. The lowest BCUT2D eigenvalue weighted by Crippen LogP contribution is -2.45. The minimum Gasteiger partial charge on any atom is -0.481 e. The highest BCUT2D eigenvalue weighted by atomic mass is 16.5. The van der Waals surface area contributed by atoms with Crippen molar-refractivity contribution < 1.29 is 19.4 Å². The molecule has 2 aliphatic heterocycles. The van der Waals surface area contributed by atoms with Gasteiger partial charge in [-0.3, -0.25) is 9.59 Å². The number of carbonyl (C=O) groups is 2. The zero-order chi connectivity index (χ0) is 15.0. The Balaban J connectivity index is 1.55. The average Bonchev–Trinajstić information content (AvgIpc) is 3.06. The van der Waals surface area contributed by atoms with Gasteiger partial charge in [-0.05, 0) is 44.4 Å². The third kappa shape index (κ3) is 2.84. The molecule has 116 valence electrons. The molecule has 0 radical (unpaired) electrons. The fraction of sp³-hybridized carbons (Fsp3) is 0.750. The van der Waals surface area contributed by atoms with Crippen LogP contribution >= 0.6 is 0 Å². The number of rotatable bonds is 4. The molecule has 0 aromatic heterocycles. The third-order valence-electron chi connectivity index (χ3n) is 5.24. The van der Waals surface area contributed by atoms with Crippen LogP contribution in [0, 0.1) is 17.8 Å². The molecule has 0 unspecified atom stereocenters. The second-order valence-corrected chi connectivity index (χ2v) is 6.62. The van der Waals surface area contributed by atoms with E-state index < -0.39 is 17.8 Å². The van der Waals surface area contributed by atoms with E-state index in [0.717, 1.165) is 38.5 Å². The summed E-state index contributed by atoms with van der Waals surface area (Å²) < 4.78 is 5.63. The van der Waals surface area contributed by atoms with E-state index in [1.807, 2.05) is 0 Å². The number of ether oxygens (including phenoxy) is 1. The quantitative estimate of drug-likeness (QED) is 0.774. The van der Waals surface area contributed by atoms with Crippen LogP contribution in [0.5, 0.6) is 0 Å². The van der Waals surface area contributed by atoms with Gasteiger partial charge in [0.05, 0.1) is 24.0 Å². The van der Waals surface area contributed by atoms with E-state index in [-0.39, 0.29) is 18.1 Å². The highest BCUT2D eigenvalue weighted by Crippen LogP contribution is 2.43. The number of hydrogen-bond donors (Lipinski definition) is 2. The maximum absolute atomic E-state index is 12.4. The highest BCUT2D eigenvalue weighted by molar-refractivity contribution is 5.86. The van der Waals surface area contributed by atoms with Gasteiger partial charge in [0.2, 0.25) is 5.91 Å². The van der Waals surface area contributed by atoms with Crippen molar-refractivity contribution in [3.05, 3.63) is 12.2 Å². The van der Waals surface area contributed by atoms with E-state index in [0.29, 0.717) is 12.5 Å². The van der Waals surface area contributed by atoms with Crippen molar-refractivity contribution in [1.29, 1.82) is 0 Å². The second-order valence-electron chi connectivity index (χ2n) is 6.62. The first-order chi connectivity index (χ1) is 10.1. The molecule has 21 heavy (non-hydrogen) atoms. The Bertz CT molecular complexity index is 451. The largest absolute Gasteiger partial charge is 0.481 e. The van der Waals surface area contributed by atoms with Crippen molar-refractivity contribution in [2.24, 2.45) is 17.8 Å². The van der Waals surface area contributed by atoms with Crippen LogP contribution in [0.15, 0.2) is 12.2 Å². The van der Waals surface area contributed by atoms with Crippen LogP contribution in [0.25, 0.3) is 0 Å². The number of nitrogens with one attached hydrogen (secondary N) is 1. The van der Waals surface area contributed by atoms with Crippen molar-refractivity contribution in [3.63, 3.8) is 0 Å². The summed E-state index contributed by atoms with van der Waals surface area (Å²) in [4.78, 5) is 23.8. The van der Waals surface area contributed by atoms with Gasteiger partial charge in [-0.2, -0.15) is 0 Å². The standard InChI is InChI=1S/C16H23NO4/c1-9-2-4-10(5-3-9)8-17-15(18)13-11-6-7-12(21-11)14(13)16(19)20/h10-14H,1-8H2,(H,17,18)(H,19,20)/t11-,12+,13-,14+/m1/s1. The molecule has 3 aliphatic rings. The summed E-state index contributed by atoms with van der Waals surface area (Å²) in [5.74, 6) is -1.74. The van der Waals surface area contributed by atoms with E-state index in [1.54, 1.807) is 0 Å².